The molecule has 12 heteroatoms. The smallest absolute Gasteiger partial charge is 0.335 e. The van der Waals surface area contributed by atoms with Crippen molar-refractivity contribution in [2.75, 3.05) is 6.54 Å². The van der Waals surface area contributed by atoms with Gasteiger partial charge in [0.15, 0.2) is 0 Å². The van der Waals surface area contributed by atoms with Gasteiger partial charge in [-0.1, -0.05) is 17.7 Å². The Bertz CT molecular complexity index is 1240. The van der Waals surface area contributed by atoms with Crippen molar-refractivity contribution in [3.8, 4) is 11.3 Å². The average molecular weight is 492 g/mol. The second-order valence-corrected chi connectivity index (χ2v) is 7.82. The van der Waals surface area contributed by atoms with Gasteiger partial charge < -0.3 is 10.6 Å². The lowest BCUT2D eigenvalue weighted by molar-refractivity contribution is -0.132. The monoisotopic (exact) mass is 491 g/mol. The molecule has 9 nitrogen and oxygen atoms in total. The molecule has 0 saturated carbocycles. The third kappa shape index (κ3) is 5.49. The van der Waals surface area contributed by atoms with Crippen LogP contribution in [0, 0.1) is 12.7 Å². The number of rotatable bonds is 4. The Balaban J connectivity index is 0.000000968. The highest BCUT2D eigenvalue weighted by molar-refractivity contribution is 7.51. The number of primary amides is 1. The topological polar surface area (TPSA) is 128 Å². The van der Waals surface area contributed by atoms with E-state index in [1.165, 1.54) is 18.2 Å². The summed E-state index contributed by atoms with van der Waals surface area (Å²) in [6.07, 6.45) is 1.89. The molecule has 172 valence electrons. The number of hydrogen-bond donors (Lipinski definition) is 1. The van der Waals surface area contributed by atoms with E-state index in [-0.39, 0.29) is 29.5 Å². The summed E-state index contributed by atoms with van der Waals surface area (Å²) in [6.45, 7) is 2.99. The summed E-state index contributed by atoms with van der Waals surface area (Å²) in [5.74, 6) is -1.33. The average Bonchev–Trinajstić information content (AvgIpc) is 3.17. The number of aryl methyl sites for hydroxylation is 1. The zero-order chi connectivity index (χ0) is 24.1. The molecule has 0 radical (unpaired) electrons. The number of carbonyl (C=O) groups excluding carboxylic acids is 2. The predicted octanol–water partition coefficient (Wildman–Crippen LogP) is 2.06. The lowest BCUT2D eigenvalue weighted by Gasteiger charge is -2.28. The van der Waals surface area contributed by atoms with E-state index in [1.807, 2.05) is 19.1 Å². The van der Waals surface area contributed by atoms with Crippen LogP contribution < -0.4 is 5.73 Å². The van der Waals surface area contributed by atoms with Crippen LogP contribution in [-0.2, 0) is 35.9 Å². The van der Waals surface area contributed by atoms with E-state index < -0.39 is 23.3 Å². The van der Waals surface area contributed by atoms with E-state index in [2.05, 4.69) is 10.1 Å². The van der Waals surface area contributed by atoms with Gasteiger partial charge in [0.2, 0.25) is 5.91 Å². The van der Waals surface area contributed by atoms with Crippen molar-refractivity contribution in [3.63, 3.8) is 0 Å². The minimum absolute atomic E-state index is 0.0729. The summed E-state index contributed by atoms with van der Waals surface area (Å²) in [4.78, 5) is 31.0. The first-order valence-electron chi connectivity index (χ1n) is 9.71. The van der Waals surface area contributed by atoms with Crippen LogP contribution in [0.25, 0.3) is 11.3 Å². The fraction of sp³-hybridized carbons (Fsp3) is 0.238. The van der Waals surface area contributed by atoms with Crippen LogP contribution in [0.3, 0.4) is 0 Å². The van der Waals surface area contributed by atoms with Gasteiger partial charge in [0, 0.05) is 24.0 Å². The van der Waals surface area contributed by atoms with Crippen molar-refractivity contribution in [1.82, 2.24) is 19.7 Å². The first-order chi connectivity index (χ1) is 15.7. The number of halogens is 2. The van der Waals surface area contributed by atoms with Crippen molar-refractivity contribution in [1.29, 1.82) is 0 Å². The van der Waals surface area contributed by atoms with Crippen LogP contribution in [0.15, 0.2) is 36.5 Å². The van der Waals surface area contributed by atoms with Gasteiger partial charge in [0.25, 0.3) is 5.91 Å². The van der Waals surface area contributed by atoms with Crippen LogP contribution in [0.5, 0.6) is 0 Å². The quantitative estimate of drug-likeness (QED) is 0.595. The molecule has 1 aliphatic rings. The van der Waals surface area contributed by atoms with Crippen LogP contribution in [0.2, 0.25) is 5.02 Å². The molecule has 0 fully saturated rings. The number of pyridine rings is 1. The van der Waals surface area contributed by atoms with E-state index in [4.69, 9.17) is 25.8 Å². The van der Waals surface area contributed by atoms with Gasteiger partial charge in [-0.05, 0) is 36.8 Å². The van der Waals surface area contributed by atoms with Gasteiger partial charge in [0.05, 0.1) is 35.8 Å². The molecule has 1 aliphatic heterocycles. The number of carbonyl (C=O) groups is 2. The maximum Gasteiger partial charge on any atom is 0.335 e. The normalized spacial score (nSPS) is 12.4. The first kappa shape index (κ1) is 24.2. The number of nitrogens with zero attached hydrogens (tertiary/aromatic N) is 4. The zero-order valence-corrected chi connectivity index (χ0v) is 19.0. The van der Waals surface area contributed by atoms with Gasteiger partial charge >= 0.3 is 11.6 Å². The highest BCUT2D eigenvalue weighted by Gasteiger charge is 2.29. The lowest BCUT2D eigenvalue weighted by atomic mass is 10.0. The van der Waals surface area contributed by atoms with Gasteiger partial charge in [-0.2, -0.15) is 13.5 Å². The molecule has 33 heavy (non-hydrogen) atoms. The SMILES string of the molecule is Cc1ccc(CC(=O)N2CCn3nc(-c4ccc(F)c(Cl)c4)c(C(N)=O)c3C2)nc1.O=S=O. The molecule has 0 atom stereocenters. The number of hydrogen-bond acceptors (Lipinski definition) is 6. The highest BCUT2D eigenvalue weighted by atomic mass is 35.5. The van der Waals surface area contributed by atoms with E-state index in [0.717, 1.165) is 5.56 Å². The fourth-order valence-corrected chi connectivity index (χ4v) is 3.69. The predicted molar refractivity (Wildman–Crippen MR) is 118 cm³/mol. The van der Waals surface area contributed by atoms with Crippen LogP contribution in [-0.4, -0.2) is 46.4 Å². The third-order valence-corrected chi connectivity index (χ3v) is 5.37. The molecule has 1 aromatic carbocycles. The van der Waals surface area contributed by atoms with Gasteiger partial charge in [-0.15, -0.1) is 0 Å². The second-order valence-electron chi connectivity index (χ2n) is 7.27. The van der Waals surface area contributed by atoms with Gasteiger partial charge in [0.1, 0.15) is 11.5 Å². The summed E-state index contributed by atoms with van der Waals surface area (Å²) in [5.41, 5.74) is 8.91. The number of aromatic nitrogens is 3. The molecular weight excluding hydrogens is 473 g/mol. The molecule has 4 rings (SSSR count). The Morgan fingerprint density at radius 3 is 2.55 bits per heavy atom. The number of nitrogens with two attached hydrogens (primary N) is 1. The van der Waals surface area contributed by atoms with Crippen molar-refractivity contribution in [2.45, 2.75) is 26.4 Å². The summed E-state index contributed by atoms with van der Waals surface area (Å²) in [7, 11) is 0. The molecule has 0 bridgehead atoms. The van der Waals surface area contributed by atoms with Crippen molar-refractivity contribution in [2.24, 2.45) is 5.73 Å². The van der Waals surface area contributed by atoms with Crippen LogP contribution >= 0.6 is 11.6 Å². The maximum atomic E-state index is 13.5. The Kier molecular flexibility index (Phi) is 7.67. The molecule has 3 heterocycles. The fourth-order valence-electron chi connectivity index (χ4n) is 3.50. The van der Waals surface area contributed by atoms with Crippen LogP contribution in [0.4, 0.5) is 4.39 Å². The summed E-state index contributed by atoms with van der Waals surface area (Å²) >= 11 is 5.14. The van der Waals surface area contributed by atoms with Crippen molar-refractivity contribution < 1.29 is 22.4 Å². The minimum atomic E-state index is -0.750. The van der Waals surface area contributed by atoms with Crippen molar-refractivity contribution in [3.05, 3.63) is 69.9 Å². The molecule has 0 saturated heterocycles. The largest absolute Gasteiger partial charge is 0.365 e. The molecule has 3 aromatic rings. The van der Waals surface area contributed by atoms with Gasteiger partial charge in [-0.25, -0.2) is 4.39 Å². The van der Waals surface area contributed by atoms with Gasteiger partial charge in [-0.3, -0.25) is 19.3 Å². The summed E-state index contributed by atoms with van der Waals surface area (Å²) in [5, 5.41) is 4.41. The Hall–Kier alpha value is -3.44. The molecule has 0 unspecified atom stereocenters. The molecule has 2 amide bonds. The molecular formula is C21H19ClFN5O4S. The van der Waals surface area contributed by atoms with E-state index in [0.29, 0.717) is 35.7 Å². The zero-order valence-electron chi connectivity index (χ0n) is 17.5. The third-order valence-electron chi connectivity index (χ3n) is 5.08. The number of benzene rings is 1. The molecule has 0 aliphatic carbocycles. The highest BCUT2D eigenvalue weighted by Crippen LogP contribution is 2.30. The van der Waals surface area contributed by atoms with Crippen molar-refractivity contribution >= 4 is 35.0 Å². The molecule has 0 spiro atoms. The van der Waals surface area contributed by atoms with E-state index in [1.54, 1.807) is 15.8 Å². The number of fused-ring (bicyclic) bond motifs is 1. The minimum Gasteiger partial charge on any atom is -0.365 e. The Morgan fingerprint density at radius 1 is 1.21 bits per heavy atom. The second kappa shape index (κ2) is 10.5. The lowest BCUT2D eigenvalue weighted by Crippen LogP contribution is -2.40. The van der Waals surface area contributed by atoms with E-state index >= 15 is 0 Å². The number of amides is 2. The first-order valence-corrected chi connectivity index (χ1v) is 10.8. The van der Waals surface area contributed by atoms with E-state index in [9.17, 15) is 14.0 Å². The van der Waals surface area contributed by atoms with Crippen LogP contribution in [0.1, 0.15) is 27.3 Å². The standard InChI is InChI=1S/C21H19ClFN5O2.O2S/c1-12-2-4-14(25-10-12)9-18(29)27-6-7-28-17(11-27)19(21(24)30)20(26-28)13-3-5-16(23)15(22)8-13;1-3-2/h2-5,8,10H,6-7,9,11H2,1H3,(H2,24,30);. The summed E-state index contributed by atoms with van der Waals surface area (Å²) < 4.78 is 31.8. The maximum absolute atomic E-state index is 13.5. The Morgan fingerprint density at radius 2 is 1.94 bits per heavy atom. The molecule has 2 N–H and O–H groups in total. The summed E-state index contributed by atoms with van der Waals surface area (Å²) in [6, 6.07) is 7.85. The molecule has 2 aromatic heterocycles. The Labute approximate surface area is 197 Å².